The van der Waals surface area contributed by atoms with Crippen molar-refractivity contribution in [1.82, 2.24) is 9.55 Å². The van der Waals surface area contributed by atoms with Gasteiger partial charge in [-0.05, 0) is 12.2 Å². The third-order valence-corrected chi connectivity index (χ3v) is 2.75. The molecule has 0 unspecified atom stereocenters. The number of nitrogens with zero attached hydrogens (tertiary/aromatic N) is 2. The van der Waals surface area contributed by atoms with Gasteiger partial charge in [0.05, 0.1) is 12.0 Å². The fourth-order valence-electron chi connectivity index (χ4n) is 0.906. The largest absolute Gasteiger partial charge is 0.337 e. The summed E-state index contributed by atoms with van der Waals surface area (Å²) in [6, 6.07) is 0. The Morgan fingerprint density at radius 2 is 2.33 bits per heavy atom. The summed E-state index contributed by atoms with van der Waals surface area (Å²) in [6.45, 7) is 7.56. The van der Waals surface area contributed by atoms with Crippen LogP contribution in [-0.4, -0.2) is 14.8 Å². The summed E-state index contributed by atoms with van der Waals surface area (Å²) in [5.41, 5.74) is 1.19. The molecule has 0 radical (unpaired) electrons. The molecule has 2 nitrogen and oxygen atoms in total. The van der Waals surface area contributed by atoms with E-state index in [0.717, 1.165) is 12.3 Å². The lowest BCUT2D eigenvalue weighted by atomic mass is 10.5. The maximum absolute atomic E-state index is 4.30. The van der Waals surface area contributed by atoms with Gasteiger partial charge in [-0.3, -0.25) is 0 Å². The van der Waals surface area contributed by atoms with Crippen molar-refractivity contribution in [3.05, 3.63) is 18.2 Å². The summed E-state index contributed by atoms with van der Waals surface area (Å²) >= 11 is 1.93. The van der Waals surface area contributed by atoms with Crippen LogP contribution in [0.5, 0.6) is 0 Å². The van der Waals surface area contributed by atoms with Crippen LogP contribution in [0, 0.1) is 0 Å². The molecule has 12 heavy (non-hydrogen) atoms. The van der Waals surface area contributed by atoms with Gasteiger partial charge in [-0.2, -0.15) is 11.8 Å². The fraction of sp³-hybridized carbons (Fsp3) is 0.667. The molecular weight excluding hydrogens is 168 g/mol. The second kappa shape index (κ2) is 4.55. The Labute approximate surface area is 78.4 Å². The maximum Gasteiger partial charge on any atom is 0.0949 e. The van der Waals surface area contributed by atoms with Gasteiger partial charge in [-0.1, -0.05) is 13.8 Å². The number of hydrogen-bond acceptors (Lipinski definition) is 2. The highest BCUT2D eigenvalue weighted by Gasteiger charge is 1.99. The third kappa shape index (κ3) is 2.89. The molecule has 1 rings (SSSR count). The number of rotatable bonds is 4. The van der Waals surface area contributed by atoms with Crippen LogP contribution < -0.4 is 0 Å². The first-order chi connectivity index (χ1) is 5.72. The predicted molar refractivity (Wildman–Crippen MR) is 54.3 cm³/mol. The summed E-state index contributed by atoms with van der Waals surface area (Å²) < 4.78 is 2.11. The molecule has 0 aliphatic carbocycles. The zero-order valence-electron chi connectivity index (χ0n) is 7.95. The summed E-state index contributed by atoms with van der Waals surface area (Å²) in [4.78, 5) is 4.30. The van der Waals surface area contributed by atoms with Crippen molar-refractivity contribution in [2.24, 2.45) is 0 Å². The van der Waals surface area contributed by atoms with Crippen LogP contribution in [0.1, 0.15) is 26.5 Å². The lowest BCUT2D eigenvalue weighted by molar-refractivity contribution is 0.761. The Bertz CT molecular complexity index is 230. The molecule has 1 aromatic rings. The predicted octanol–water partition coefficient (Wildman–Crippen LogP) is 2.54. The number of aromatic nitrogens is 2. The van der Waals surface area contributed by atoms with Gasteiger partial charge < -0.3 is 4.57 Å². The van der Waals surface area contributed by atoms with E-state index in [1.54, 1.807) is 0 Å². The van der Waals surface area contributed by atoms with Crippen molar-refractivity contribution in [2.45, 2.75) is 38.3 Å². The standard InChI is InChI=1S/C9H16N2S/c1-4-11-5-9(10-7-11)6-12-8(2)3/h5,7-8H,4,6H2,1-3H3. The zero-order valence-corrected chi connectivity index (χ0v) is 8.77. The van der Waals surface area contributed by atoms with E-state index in [0.29, 0.717) is 5.25 Å². The zero-order chi connectivity index (χ0) is 8.97. The molecule has 0 atom stereocenters. The maximum atomic E-state index is 4.30. The average molecular weight is 184 g/mol. The van der Waals surface area contributed by atoms with Crippen LogP contribution in [-0.2, 0) is 12.3 Å². The highest BCUT2D eigenvalue weighted by molar-refractivity contribution is 7.99. The number of hydrogen-bond donors (Lipinski definition) is 0. The van der Waals surface area contributed by atoms with Gasteiger partial charge in [0.1, 0.15) is 0 Å². The number of thioether (sulfide) groups is 1. The van der Waals surface area contributed by atoms with E-state index >= 15 is 0 Å². The van der Waals surface area contributed by atoms with Crippen LogP contribution in [0.2, 0.25) is 0 Å². The Morgan fingerprint density at radius 3 is 2.83 bits per heavy atom. The van der Waals surface area contributed by atoms with E-state index in [1.165, 1.54) is 5.69 Å². The smallest absolute Gasteiger partial charge is 0.0949 e. The summed E-state index contributed by atoms with van der Waals surface area (Å²) in [5, 5.41) is 0.691. The molecule has 0 amide bonds. The van der Waals surface area contributed by atoms with Gasteiger partial charge in [0, 0.05) is 18.5 Å². The second-order valence-corrected chi connectivity index (χ2v) is 4.62. The topological polar surface area (TPSA) is 17.8 Å². The molecule has 1 aromatic heterocycles. The molecular formula is C9H16N2S. The Kier molecular flexibility index (Phi) is 3.66. The number of imidazole rings is 1. The molecule has 0 aromatic carbocycles. The molecule has 3 heteroatoms. The summed E-state index contributed by atoms with van der Waals surface area (Å²) in [6.07, 6.45) is 4.02. The quantitative estimate of drug-likeness (QED) is 0.715. The molecule has 0 N–H and O–H groups in total. The van der Waals surface area contributed by atoms with Crippen molar-refractivity contribution >= 4 is 11.8 Å². The Morgan fingerprint density at radius 1 is 1.58 bits per heavy atom. The van der Waals surface area contributed by atoms with Crippen molar-refractivity contribution in [2.75, 3.05) is 0 Å². The van der Waals surface area contributed by atoms with Crippen LogP contribution >= 0.6 is 11.8 Å². The van der Waals surface area contributed by atoms with Gasteiger partial charge >= 0.3 is 0 Å². The van der Waals surface area contributed by atoms with E-state index in [2.05, 4.69) is 36.5 Å². The van der Waals surface area contributed by atoms with Gasteiger partial charge in [0.25, 0.3) is 0 Å². The summed E-state index contributed by atoms with van der Waals surface area (Å²) in [5.74, 6) is 1.03. The van der Waals surface area contributed by atoms with Crippen molar-refractivity contribution in [3.8, 4) is 0 Å². The molecule has 0 fully saturated rings. The highest BCUT2D eigenvalue weighted by atomic mass is 32.2. The first kappa shape index (κ1) is 9.65. The molecule has 0 spiro atoms. The minimum atomic E-state index is 0.691. The Balaban J connectivity index is 2.41. The SMILES string of the molecule is CCn1cnc(CSC(C)C)c1. The average Bonchev–Trinajstić information content (AvgIpc) is 2.48. The molecule has 68 valence electrons. The van der Waals surface area contributed by atoms with Crippen molar-refractivity contribution < 1.29 is 0 Å². The summed E-state index contributed by atoms with van der Waals surface area (Å²) in [7, 11) is 0. The first-order valence-corrected chi connectivity index (χ1v) is 5.39. The van der Waals surface area contributed by atoms with E-state index in [1.807, 2.05) is 18.1 Å². The van der Waals surface area contributed by atoms with Crippen LogP contribution in [0.3, 0.4) is 0 Å². The fourth-order valence-corrected chi connectivity index (χ4v) is 1.56. The van der Waals surface area contributed by atoms with Crippen LogP contribution in [0.25, 0.3) is 0 Å². The normalized spacial score (nSPS) is 11.0. The minimum absolute atomic E-state index is 0.691. The first-order valence-electron chi connectivity index (χ1n) is 4.34. The monoisotopic (exact) mass is 184 g/mol. The lowest BCUT2D eigenvalue weighted by Crippen LogP contribution is -1.89. The van der Waals surface area contributed by atoms with E-state index in [9.17, 15) is 0 Å². The molecule has 0 bridgehead atoms. The van der Waals surface area contributed by atoms with Crippen LogP contribution in [0.15, 0.2) is 12.5 Å². The van der Waals surface area contributed by atoms with E-state index < -0.39 is 0 Å². The molecule has 0 aliphatic heterocycles. The Hall–Kier alpha value is -0.440. The third-order valence-electron chi connectivity index (χ3n) is 1.62. The molecule has 1 heterocycles. The van der Waals surface area contributed by atoms with Gasteiger partial charge in [-0.25, -0.2) is 4.98 Å². The molecule has 0 aliphatic rings. The van der Waals surface area contributed by atoms with Crippen LogP contribution in [0.4, 0.5) is 0 Å². The van der Waals surface area contributed by atoms with Gasteiger partial charge in [-0.15, -0.1) is 0 Å². The van der Waals surface area contributed by atoms with E-state index in [-0.39, 0.29) is 0 Å². The lowest BCUT2D eigenvalue weighted by Gasteiger charge is -2.00. The molecule has 0 saturated carbocycles. The van der Waals surface area contributed by atoms with E-state index in [4.69, 9.17) is 0 Å². The van der Waals surface area contributed by atoms with Gasteiger partial charge in [0.15, 0.2) is 0 Å². The highest BCUT2D eigenvalue weighted by Crippen LogP contribution is 2.15. The second-order valence-electron chi connectivity index (χ2n) is 3.06. The molecule has 0 saturated heterocycles. The number of aryl methyl sites for hydroxylation is 1. The van der Waals surface area contributed by atoms with Gasteiger partial charge in [0.2, 0.25) is 0 Å². The minimum Gasteiger partial charge on any atom is -0.337 e. The van der Waals surface area contributed by atoms with Crippen molar-refractivity contribution in [3.63, 3.8) is 0 Å². The van der Waals surface area contributed by atoms with Crippen molar-refractivity contribution in [1.29, 1.82) is 0 Å².